The van der Waals surface area contributed by atoms with Gasteiger partial charge in [0.2, 0.25) is 0 Å². The Morgan fingerprint density at radius 3 is 1.24 bits per heavy atom. The summed E-state index contributed by atoms with van der Waals surface area (Å²) in [5.41, 5.74) is 9.51. The molecule has 5 aromatic rings. The van der Waals surface area contributed by atoms with Crippen molar-refractivity contribution in [1.29, 1.82) is 0 Å². The number of hydrogen-bond donors (Lipinski definition) is 0. The average Bonchev–Trinajstić information content (AvgIpc) is 2.85. The molecule has 0 radical (unpaired) electrons. The maximum absolute atomic E-state index is 5.14. The summed E-state index contributed by atoms with van der Waals surface area (Å²) < 4.78 is 2.06. The lowest BCUT2D eigenvalue weighted by Crippen LogP contribution is -2.01. The molecule has 0 saturated heterocycles. The molecular formula is C30H22Br2N2. The van der Waals surface area contributed by atoms with Gasteiger partial charge in [-0.05, 0) is 43.7 Å². The highest BCUT2D eigenvalue weighted by Gasteiger charge is 2.20. The molecular weight excluding hydrogens is 548 g/mol. The molecule has 34 heavy (non-hydrogen) atoms. The second kappa shape index (κ2) is 9.65. The zero-order valence-corrected chi connectivity index (χ0v) is 22.1. The number of hydrogen-bond acceptors (Lipinski definition) is 2. The van der Waals surface area contributed by atoms with Crippen LogP contribution in [-0.4, -0.2) is 9.97 Å². The molecule has 0 unspecified atom stereocenters. The Bertz CT molecular complexity index is 1370. The number of halogens is 2. The largest absolute Gasteiger partial charge is 0.227 e. The topological polar surface area (TPSA) is 25.8 Å². The summed E-state index contributed by atoms with van der Waals surface area (Å²) in [6, 6.07) is 33.6. The van der Waals surface area contributed by atoms with E-state index in [1.807, 2.05) is 12.1 Å². The molecule has 4 aromatic carbocycles. The summed E-state index contributed by atoms with van der Waals surface area (Å²) in [5, 5.41) is 0. The lowest BCUT2D eigenvalue weighted by molar-refractivity contribution is 1.18. The van der Waals surface area contributed by atoms with Gasteiger partial charge in [0.15, 0.2) is 5.82 Å². The first-order valence-corrected chi connectivity index (χ1v) is 12.6. The van der Waals surface area contributed by atoms with Crippen LogP contribution in [0.4, 0.5) is 0 Å². The summed E-state index contributed by atoms with van der Waals surface area (Å²) in [4.78, 5) is 10.3. The standard InChI is InChI=1S/C30H22Br2N2/c1-19-3-7-21(8-4-19)27-28(22-9-5-20(2)6-10-22)33-30(24-13-17-26(32)18-14-24)34-29(27)23-11-15-25(31)16-12-23/h3-18H,1-2H3. The molecule has 0 saturated carbocycles. The highest BCUT2D eigenvalue weighted by molar-refractivity contribution is 9.10. The molecule has 0 fully saturated rings. The maximum Gasteiger partial charge on any atom is 0.160 e. The van der Waals surface area contributed by atoms with E-state index in [2.05, 4.69) is 131 Å². The zero-order chi connectivity index (χ0) is 23.7. The van der Waals surface area contributed by atoms with Crippen LogP contribution in [0.25, 0.3) is 45.0 Å². The van der Waals surface area contributed by atoms with E-state index in [-0.39, 0.29) is 0 Å². The summed E-state index contributed by atoms with van der Waals surface area (Å²) in [7, 11) is 0. The van der Waals surface area contributed by atoms with Crippen LogP contribution in [0.5, 0.6) is 0 Å². The molecule has 0 amide bonds. The average molecular weight is 570 g/mol. The van der Waals surface area contributed by atoms with Crippen LogP contribution >= 0.6 is 31.9 Å². The minimum absolute atomic E-state index is 0.705. The third kappa shape index (κ3) is 4.75. The first kappa shape index (κ1) is 22.7. The van der Waals surface area contributed by atoms with Crippen molar-refractivity contribution in [3.63, 3.8) is 0 Å². The third-order valence-electron chi connectivity index (χ3n) is 5.79. The van der Waals surface area contributed by atoms with Gasteiger partial charge in [-0.2, -0.15) is 0 Å². The lowest BCUT2D eigenvalue weighted by Gasteiger charge is -2.17. The van der Waals surface area contributed by atoms with Crippen molar-refractivity contribution in [2.75, 3.05) is 0 Å². The van der Waals surface area contributed by atoms with Crippen LogP contribution in [0.15, 0.2) is 106 Å². The summed E-state index contributed by atoms with van der Waals surface area (Å²) in [6.07, 6.45) is 0. The third-order valence-corrected chi connectivity index (χ3v) is 6.85. The van der Waals surface area contributed by atoms with E-state index in [4.69, 9.17) is 9.97 Å². The van der Waals surface area contributed by atoms with Gasteiger partial charge >= 0.3 is 0 Å². The van der Waals surface area contributed by atoms with Gasteiger partial charge in [-0.25, -0.2) is 9.97 Å². The molecule has 0 aliphatic carbocycles. The predicted molar refractivity (Wildman–Crippen MR) is 149 cm³/mol. The Labute approximate surface area is 217 Å². The fourth-order valence-corrected chi connectivity index (χ4v) is 4.45. The monoisotopic (exact) mass is 568 g/mol. The number of aromatic nitrogens is 2. The molecule has 0 bridgehead atoms. The molecule has 0 aliphatic heterocycles. The van der Waals surface area contributed by atoms with E-state index in [1.165, 1.54) is 11.1 Å². The summed E-state index contributed by atoms with van der Waals surface area (Å²) in [6.45, 7) is 4.21. The number of rotatable bonds is 4. The van der Waals surface area contributed by atoms with Crippen LogP contribution in [0.3, 0.4) is 0 Å². The van der Waals surface area contributed by atoms with Crippen molar-refractivity contribution in [2.45, 2.75) is 13.8 Å². The molecule has 4 heteroatoms. The van der Waals surface area contributed by atoms with Crippen LogP contribution in [0.1, 0.15) is 11.1 Å². The van der Waals surface area contributed by atoms with Crippen molar-refractivity contribution in [3.8, 4) is 45.0 Å². The van der Waals surface area contributed by atoms with Crippen molar-refractivity contribution >= 4 is 31.9 Å². The van der Waals surface area contributed by atoms with Gasteiger partial charge in [0.25, 0.3) is 0 Å². The minimum Gasteiger partial charge on any atom is -0.227 e. The Hall–Kier alpha value is -3.08. The molecule has 1 aromatic heterocycles. The molecule has 1 heterocycles. The predicted octanol–water partition coefficient (Wildman–Crippen LogP) is 9.29. The van der Waals surface area contributed by atoms with Gasteiger partial charge in [0.05, 0.1) is 11.4 Å². The van der Waals surface area contributed by atoms with Gasteiger partial charge in [-0.3, -0.25) is 0 Å². The van der Waals surface area contributed by atoms with E-state index < -0.39 is 0 Å². The van der Waals surface area contributed by atoms with Crippen LogP contribution in [0, 0.1) is 13.8 Å². The van der Waals surface area contributed by atoms with Gasteiger partial charge in [0.1, 0.15) is 0 Å². The first-order chi connectivity index (χ1) is 16.5. The Morgan fingerprint density at radius 2 is 0.794 bits per heavy atom. The second-order valence-electron chi connectivity index (χ2n) is 8.37. The van der Waals surface area contributed by atoms with E-state index in [0.717, 1.165) is 48.2 Å². The molecule has 0 aliphatic rings. The SMILES string of the molecule is Cc1ccc(-c2nc(-c3ccc(Br)cc3)nc(-c3ccc(Br)cc3)c2-c2ccc(C)cc2)cc1. The highest BCUT2D eigenvalue weighted by Crippen LogP contribution is 2.40. The smallest absolute Gasteiger partial charge is 0.160 e. The fourth-order valence-electron chi connectivity index (χ4n) is 3.92. The normalized spacial score (nSPS) is 10.9. The fraction of sp³-hybridized carbons (Fsp3) is 0.0667. The molecule has 0 atom stereocenters. The van der Waals surface area contributed by atoms with Crippen molar-refractivity contribution in [3.05, 3.63) is 117 Å². The Kier molecular flexibility index (Phi) is 6.44. The molecule has 0 N–H and O–H groups in total. The first-order valence-electron chi connectivity index (χ1n) is 11.1. The highest BCUT2D eigenvalue weighted by atomic mass is 79.9. The zero-order valence-electron chi connectivity index (χ0n) is 18.9. The molecule has 166 valence electrons. The van der Waals surface area contributed by atoms with Gasteiger partial charge < -0.3 is 0 Å². The maximum atomic E-state index is 5.14. The van der Waals surface area contributed by atoms with E-state index in [0.29, 0.717) is 5.82 Å². The van der Waals surface area contributed by atoms with Crippen LogP contribution in [0.2, 0.25) is 0 Å². The Morgan fingerprint density at radius 1 is 0.441 bits per heavy atom. The molecule has 5 rings (SSSR count). The van der Waals surface area contributed by atoms with Gasteiger partial charge in [-0.1, -0.05) is 116 Å². The Balaban J connectivity index is 1.86. The van der Waals surface area contributed by atoms with E-state index in [1.54, 1.807) is 0 Å². The van der Waals surface area contributed by atoms with E-state index in [9.17, 15) is 0 Å². The van der Waals surface area contributed by atoms with Crippen molar-refractivity contribution in [1.82, 2.24) is 9.97 Å². The summed E-state index contributed by atoms with van der Waals surface area (Å²) >= 11 is 7.10. The number of nitrogens with zero attached hydrogens (tertiary/aromatic N) is 2. The molecule has 0 spiro atoms. The number of benzene rings is 4. The van der Waals surface area contributed by atoms with Crippen molar-refractivity contribution < 1.29 is 0 Å². The van der Waals surface area contributed by atoms with Gasteiger partial charge in [0, 0.05) is 31.2 Å². The van der Waals surface area contributed by atoms with E-state index >= 15 is 0 Å². The molecule has 2 nitrogen and oxygen atoms in total. The van der Waals surface area contributed by atoms with Crippen molar-refractivity contribution in [2.24, 2.45) is 0 Å². The summed E-state index contributed by atoms with van der Waals surface area (Å²) in [5.74, 6) is 0.705. The lowest BCUT2D eigenvalue weighted by atomic mass is 9.93. The minimum atomic E-state index is 0.705. The quantitative estimate of drug-likeness (QED) is 0.215. The van der Waals surface area contributed by atoms with Gasteiger partial charge in [-0.15, -0.1) is 0 Å². The number of aryl methyl sites for hydroxylation is 2. The van der Waals surface area contributed by atoms with Crippen LogP contribution < -0.4 is 0 Å². The van der Waals surface area contributed by atoms with Crippen LogP contribution in [-0.2, 0) is 0 Å². The second-order valence-corrected chi connectivity index (χ2v) is 10.2.